The molecule has 7 rings (SSSR count). The maximum atomic E-state index is 13.9. The van der Waals surface area contributed by atoms with Gasteiger partial charge in [0.2, 0.25) is 0 Å². The van der Waals surface area contributed by atoms with E-state index in [9.17, 15) is 9.59 Å². The van der Waals surface area contributed by atoms with E-state index in [4.69, 9.17) is 9.47 Å². The van der Waals surface area contributed by atoms with Gasteiger partial charge in [0, 0.05) is 46.8 Å². The summed E-state index contributed by atoms with van der Waals surface area (Å²) in [6, 6.07) is 1.96. The summed E-state index contributed by atoms with van der Waals surface area (Å²) in [6.45, 7) is 10.9. The number of amides is 1. The highest BCUT2D eigenvalue weighted by Gasteiger charge is 2.62. The predicted molar refractivity (Wildman–Crippen MR) is 147 cm³/mol. The first-order valence-electron chi connectivity index (χ1n) is 14.1. The Morgan fingerprint density at radius 1 is 0.947 bits per heavy atom. The monoisotopic (exact) mass is 519 g/mol. The van der Waals surface area contributed by atoms with Crippen molar-refractivity contribution in [1.29, 1.82) is 0 Å². The molecule has 2 bridgehead atoms. The van der Waals surface area contributed by atoms with Gasteiger partial charge in [0.05, 0.1) is 6.54 Å². The summed E-state index contributed by atoms with van der Waals surface area (Å²) < 4.78 is 13.6. The van der Waals surface area contributed by atoms with Crippen molar-refractivity contribution in [3.05, 3.63) is 55.5 Å². The van der Waals surface area contributed by atoms with E-state index in [1.807, 2.05) is 31.7 Å². The maximum Gasteiger partial charge on any atom is 0.254 e. The summed E-state index contributed by atoms with van der Waals surface area (Å²) in [5.41, 5.74) is 6.22. The van der Waals surface area contributed by atoms with E-state index >= 15 is 0 Å². The van der Waals surface area contributed by atoms with Gasteiger partial charge in [0.15, 0.2) is 11.5 Å². The van der Waals surface area contributed by atoms with Crippen LogP contribution in [0.1, 0.15) is 89.3 Å². The minimum atomic E-state index is -0.733. The van der Waals surface area contributed by atoms with Gasteiger partial charge in [0.25, 0.3) is 17.3 Å². The van der Waals surface area contributed by atoms with E-state index in [1.54, 1.807) is 0 Å². The fourth-order valence-electron chi connectivity index (χ4n) is 7.92. The molecular formula is C31H41N3O4. The van der Waals surface area contributed by atoms with Crippen LogP contribution in [0.15, 0.2) is 10.9 Å². The molecule has 3 saturated carbocycles. The molecule has 0 spiro atoms. The number of nitrogens with one attached hydrogen (secondary N) is 1. The van der Waals surface area contributed by atoms with Crippen LogP contribution in [-0.4, -0.2) is 52.7 Å². The molecule has 7 heteroatoms. The van der Waals surface area contributed by atoms with Crippen LogP contribution in [-0.2, 0) is 13.0 Å². The van der Waals surface area contributed by atoms with Gasteiger partial charge in [-0.05, 0) is 109 Å². The van der Waals surface area contributed by atoms with E-state index in [0.717, 1.165) is 90.0 Å². The van der Waals surface area contributed by atoms with Gasteiger partial charge in [0.1, 0.15) is 0 Å². The lowest BCUT2D eigenvalue weighted by Crippen LogP contribution is -2.62. The molecular weight excluding hydrogens is 478 g/mol. The average Bonchev–Trinajstić information content (AvgIpc) is 3.26. The summed E-state index contributed by atoms with van der Waals surface area (Å²) in [6.07, 6.45) is 7.49. The Morgan fingerprint density at radius 3 is 2.13 bits per heavy atom. The Labute approximate surface area is 225 Å². The molecule has 0 radical (unpaired) electrons. The van der Waals surface area contributed by atoms with Crippen LogP contribution in [0.3, 0.4) is 0 Å². The minimum absolute atomic E-state index is 0.0246. The quantitative estimate of drug-likeness (QED) is 0.619. The van der Waals surface area contributed by atoms with Crippen molar-refractivity contribution >= 4 is 5.91 Å². The van der Waals surface area contributed by atoms with E-state index in [-0.39, 0.29) is 16.9 Å². The van der Waals surface area contributed by atoms with Gasteiger partial charge >= 0.3 is 0 Å². The van der Waals surface area contributed by atoms with Gasteiger partial charge in [-0.15, -0.1) is 0 Å². The number of fused-ring (bicyclic) bond motifs is 5. The number of aryl methyl sites for hydroxylation is 2. The lowest BCUT2D eigenvalue weighted by Gasteiger charge is -2.59. The molecule has 7 nitrogen and oxygen atoms in total. The number of nitrogens with zero attached hydrogens (tertiary/aromatic N) is 2. The second-order valence-electron chi connectivity index (χ2n) is 12.7. The first-order valence-corrected chi connectivity index (χ1v) is 14.1. The zero-order valence-corrected chi connectivity index (χ0v) is 24.0. The van der Waals surface area contributed by atoms with Crippen LogP contribution in [0.25, 0.3) is 0 Å². The van der Waals surface area contributed by atoms with Crippen molar-refractivity contribution in [2.45, 2.75) is 97.4 Å². The molecule has 1 aromatic carbocycles. The normalized spacial score (nSPS) is 29.8. The van der Waals surface area contributed by atoms with Crippen molar-refractivity contribution in [3.8, 4) is 11.5 Å². The fourth-order valence-corrected chi connectivity index (χ4v) is 7.92. The van der Waals surface area contributed by atoms with Crippen LogP contribution < -0.4 is 15.0 Å². The summed E-state index contributed by atoms with van der Waals surface area (Å²) in [7, 11) is 4.43. The number of aromatic nitrogens is 1. The molecule has 3 fully saturated rings. The molecule has 2 aliphatic heterocycles. The van der Waals surface area contributed by atoms with Crippen LogP contribution in [0, 0.1) is 33.1 Å². The Kier molecular flexibility index (Phi) is 5.60. The number of carbonyl (C=O) groups is 1. The zero-order chi connectivity index (χ0) is 27.2. The second kappa shape index (κ2) is 8.35. The van der Waals surface area contributed by atoms with Gasteiger partial charge in [-0.25, -0.2) is 0 Å². The average molecular weight is 520 g/mol. The Hall–Kier alpha value is -2.80. The van der Waals surface area contributed by atoms with Gasteiger partial charge in [-0.1, -0.05) is 0 Å². The summed E-state index contributed by atoms with van der Waals surface area (Å²) >= 11 is 0. The minimum Gasteiger partial charge on any atom is -0.448 e. The third-order valence-corrected chi connectivity index (χ3v) is 10.7. The SMILES string of the molecule is Cc1cc(C)c(CN2CCc3c(C)c4c(c(C)c3C2=O)OC(C)(C23CCC(N(C)C)(CC2)CC3)O4)c(=O)[nH]1. The number of aromatic amines is 1. The lowest BCUT2D eigenvalue weighted by atomic mass is 9.54. The number of carbonyl (C=O) groups excluding carboxylic acids is 1. The van der Waals surface area contributed by atoms with Gasteiger partial charge < -0.3 is 24.3 Å². The molecule has 3 heterocycles. The molecule has 38 heavy (non-hydrogen) atoms. The van der Waals surface area contributed by atoms with Crippen molar-refractivity contribution in [3.63, 3.8) is 0 Å². The third kappa shape index (κ3) is 3.43. The highest BCUT2D eigenvalue weighted by atomic mass is 16.7. The summed E-state index contributed by atoms with van der Waals surface area (Å²) in [5.74, 6) is 0.784. The van der Waals surface area contributed by atoms with E-state index in [1.165, 1.54) is 0 Å². The molecule has 1 unspecified atom stereocenters. The smallest absolute Gasteiger partial charge is 0.254 e. The van der Waals surface area contributed by atoms with Gasteiger partial charge in [-0.2, -0.15) is 0 Å². The largest absolute Gasteiger partial charge is 0.448 e. The molecule has 1 aromatic heterocycles. The van der Waals surface area contributed by atoms with Crippen molar-refractivity contribution in [2.24, 2.45) is 5.41 Å². The number of H-pyrrole nitrogens is 1. The van der Waals surface area contributed by atoms with Crippen LogP contribution >= 0.6 is 0 Å². The molecule has 1 atom stereocenters. The summed E-state index contributed by atoms with van der Waals surface area (Å²) in [4.78, 5) is 33.7. The zero-order valence-electron chi connectivity index (χ0n) is 24.0. The predicted octanol–water partition coefficient (Wildman–Crippen LogP) is 4.95. The first-order chi connectivity index (χ1) is 17.9. The Morgan fingerprint density at radius 2 is 1.55 bits per heavy atom. The second-order valence-corrected chi connectivity index (χ2v) is 12.7. The molecule has 3 aliphatic carbocycles. The Balaban J connectivity index is 1.32. The molecule has 0 saturated heterocycles. The van der Waals surface area contributed by atoms with Crippen molar-refractivity contribution in [1.82, 2.24) is 14.8 Å². The van der Waals surface area contributed by atoms with Crippen LogP contribution in [0.2, 0.25) is 0 Å². The number of rotatable bonds is 4. The van der Waals surface area contributed by atoms with E-state index in [0.29, 0.717) is 24.2 Å². The molecule has 5 aliphatic rings. The number of benzene rings is 1. The molecule has 1 amide bonds. The number of hydrogen-bond donors (Lipinski definition) is 1. The number of ether oxygens (including phenoxy) is 2. The number of pyridine rings is 1. The van der Waals surface area contributed by atoms with Crippen molar-refractivity contribution < 1.29 is 14.3 Å². The Bertz CT molecular complexity index is 1380. The van der Waals surface area contributed by atoms with Crippen molar-refractivity contribution in [2.75, 3.05) is 20.6 Å². The van der Waals surface area contributed by atoms with Crippen LogP contribution in [0.5, 0.6) is 11.5 Å². The molecule has 1 N–H and O–H groups in total. The third-order valence-electron chi connectivity index (χ3n) is 10.7. The van der Waals surface area contributed by atoms with E-state index < -0.39 is 5.79 Å². The number of hydrogen-bond acceptors (Lipinski definition) is 5. The molecule has 204 valence electrons. The van der Waals surface area contributed by atoms with Gasteiger partial charge in [-0.3, -0.25) is 9.59 Å². The summed E-state index contributed by atoms with van der Waals surface area (Å²) in [5, 5.41) is 0. The molecule has 2 aromatic rings. The van der Waals surface area contributed by atoms with Crippen LogP contribution in [0.4, 0.5) is 0 Å². The lowest BCUT2D eigenvalue weighted by molar-refractivity contribution is -0.212. The topological polar surface area (TPSA) is 74.9 Å². The highest BCUT2D eigenvalue weighted by molar-refractivity contribution is 6.00. The highest BCUT2D eigenvalue weighted by Crippen LogP contribution is 2.63. The standard InChI is InChI=1S/C31H41N3O4/c1-18-16-19(2)32-27(35)23(18)17-34-15-8-22-20(3)25-26(21(4)24(22)28(34)36)38-29(5,37-25)30-9-12-31(13-10-30,14-11-30)33(6)7/h16H,8-15,17H2,1-7H3,(H,32,35). The first kappa shape index (κ1) is 25.5. The maximum absolute atomic E-state index is 13.9. The fraction of sp³-hybridized carbons (Fsp3) is 0.613. The van der Waals surface area contributed by atoms with E-state index in [2.05, 4.69) is 37.8 Å².